The number of nitro groups is 1. The van der Waals surface area contributed by atoms with Crippen LogP contribution in [0.4, 0.5) is 11.4 Å². The van der Waals surface area contributed by atoms with Gasteiger partial charge in [0.15, 0.2) is 0 Å². The summed E-state index contributed by atoms with van der Waals surface area (Å²) in [6.45, 7) is 0.717. The van der Waals surface area contributed by atoms with Crippen molar-refractivity contribution in [1.82, 2.24) is 4.90 Å². The van der Waals surface area contributed by atoms with E-state index in [1.165, 1.54) is 25.3 Å². The van der Waals surface area contributed by atoms with E-state index in [0.29, 0.717) is 18.8 Å². The van der Waals surface area contributed by atoms with E-state index in [4.69, 9.17) is 16.3 Å². The van der Waals surface area contributed by atoms with Crippen molar-refractivity contribution in [3.8, 4) is 5.75 Å². The number of halogens is 1. The summed E-state index contributed by atoms with van der Waals surface area (Å²) in [7, 11) is -2.82. The van der Waals surface area contributed by atoms with Crippen LogP contribution in [0.1, 0.15) is 19.3 Å². The van der Waals surface area contributed by atoms with Crippen LogP contribution >= 0.6 is 11.6 Å². The molecule has 0 atom stereocenters. The van der Waals surface area contributed by atoms with Crippen LogP contribution in [0.2, 0.25) is 5.02 Å². The minimum atomic E-state index is -4.30. The molecule has 1 aliphatic rings. The van der Waals surface area contributed by atoms with Crippen molar-refractivity contribution in [2.24, 2.45) is 0 Å². The van der Waals surface area contributed by atoms with Crippen LogP contribution in [0, 0.1) is 10.1 Å². The molecule has 0 N–H and O–H groups in total. The Bertz CT molecular complexity index is 1070. The van der Waals surface area contributed by atoms with Gasteiger partial charge in [0.05, 0.1) is 22.6 Å². The molecule has 1 amide bonds. The fourth-order valence-corrected chi connectivity index (χ4v) is 4.97. The zero-order valence-corrected chi connectivity index (χ0v) is 18.4. The van der Waals surface area contributed by atoms with E-state index in [-0.39, 0.29) is 21.5 Å². The second-order valence-corrected chi connectivity index (χ2v) is 9.29. The van der Waals surface area contributed by atoms with Crippen LogP contribution in [0.25, 0.3) is 0 Å². The molecule has 0 radical (unpaired) electrons. The summed E-state index contributed by atoms with van der Waals surface area (Å²) < 4.78 is 33.0. The number of amides is 1. The second-order valence-electron chi connectivity index (χ2n) is 7.02. The third-order valence-corrected chi connectivity index (χ3v) is 7.14. The number of nitrogens with zero attached hydrogens (tertiary/aromatic N) is 3. The summed E-state index contributed by atoms with van der Waals surface area (Å²) in [5, 5.41) is 11.1. The summed E-state index contributed by atoms with van der Waals surface area (Å²) in [6.07, 6.45) is 2.76. The number of anilines is 1. The number of methoxy groups -OCH3 is 1. The highest BCUT2D eigenvalue weighted by Crippen LogP contribution is 2.31. The number of carbonyl (C=O) groups is 1. The molecule has 31 heavy (non-hydrogen) atoms. The first-order valence-corrected chi connectivity index (χ1v) is 11.4. The molecule has 11 heteroatoms. The number of ether oxygens (including phenoxy) is 1. The van der Waals surface area contributed by atoms with Crippen LogP contribution in [0.3, 0.4) is 0 Å². The van der Waals surface area contributed by atoms with Gasteiger partial charge in [-0.15, -0.1) is 0 Å². The molecule has 0 bridgehead atoms. The first kappa shape index (κ1) is 22.8. The highest BCUT2D eigenvalue weighted by atomic mass is 35.5. The summed E-state index contributed by atoms with van der Waals surface area (Å²) in [4.78, 5) is 24.7. The first-order valence-electron chi connectivity index (χ1n) is 9.62. The van der Waals surface area contributed by atoms with Crippen LogP contribution in [-0.2, 0) is 14.8 Å². The summed E-state index contributed by atoms with van der Waals surface area (Å²) in [5.41, 5.74) is -0.288. The Labute approximate surface area is 185 Å². The largest absolute Gasteiger partial charge is 0.497 e. The fraction of sp³-hybridized carbons (Fsp3) is 0.350. The molecule has 166 valence electrons. The average Bonchev–Trinajstić information content (AvgIpc) is 2.77. The number of piperidine rings is 1. The number of likely N-dealkylation sites (tertiary alicyclic amines) is 1. The predicted molar refractivity (Wildman–Crippen MR) is 116 cm³/mol. The number of rotatable bonds is 7. The molecule has 2 aromatic rings. The highest BCUT2D eigenvalue weighted by molar-refractivity contribution is 7.92. The Hall–Kier alpha value is -2.85. The van der Waals surface area contributed by atoms with E-state index in [2.05, 4.69) is 0 Å². The van der Waals surface area contributed by atoms with Gasteiger partial charge in [0.1, 0.15) is 17.3 Å². The Morgan fingerprint density at radius 3 is 2.39 bits per heavy atom. The monoisotopic (exact) mass is 467 g/mol. The van der Waals surface area contributed by atoms with Crippen LogP contribution in [0.5, 0.6) is 5.75 Å². The van der Waals surface area contributed by atoms with Crippen LogP contribution in [-0.4, -0.2) is 50.9 Å². The van der Waals surface area contributed by atoms with Crippen LogP contribution in [0.15, 0.2) is 47.4 Å². The summed E-state index contributed by atoms with van der Waals surface area (Å²) in [6, 6.07) is 9.44. The van der Waals surface area contributed by atoms with E-state index in [9.17, 15) is 23.3 Å². The van der Waals surface area contributed by atoms with Crippen molar-refractivity contribution in [3.05, 3.63) is 57.6 Å². The smallest absolute Gasteiger partial charge is 0.289 e. The standard InChI is InChI=1S/C20H22ClN3O6S/c1-30-16-7-5-15(6-8-16)23(14-20(25)22-11-3-2-4-12-22)31(28,29)17-9-10-18(21)19(13-17)24(26)27/h5-10,13H,2-4,11-12,14H2,1H3. The van der Waals surface area contributed by atoms with Crippen LogP contribution < -0.4 is 9.04 Å². The molecule has 0 aliphatic carbocycles. The molecular weight excluding hydrogens is 446 g/mol. The van der Waals surface area contributed by atoms with E-state index >= 15 is 0 Å². The lowest BCUT2D eigenvalue weighted by Crippen LogP contribution is -2.44. The zero-order valence-electron chi connectivity index (χ0n) is 16.9. The maximum Gasteiger partial charge on any atom is 0.289 e. The molecular formula is C20H22ClN3O6S. The topological polar surface area (TPSA) is 110 Å². The second kappa shape index (κ2) is 9.52. The van der Waals surface area contributed by atoms with Gasteiger partial charge in [-0.3, -0.25) is 19.2 Å². The van der Waals surface area contributed by atoms with E-state index < -0.39 is 27.2 Å². The molecule has 0 spiro atoms. The van der Waals surface area contributed by atoms with Crippen molar-refractivity contribution < 1.29 is 22.9 Å². The molecule has 0 unspecified atom stereocenters. The molecule has 9 nitrogen and oxygen atoms in total. The van der Waals surface area contributed by atoms with Crippen molar-refractivity contribution in [1.29, 1.82) is 0 Å². The quantitative estimate of drug-likeness (QED) is 0.455. The van der Waals surface area contributed by atoms with E-state index in [0.717, 1.165) is 35.7 Å². The number of sulfonamides is 1. The third kappa shape index (κ3) is 5.08. The summed E-state index contributed by atoms with van der Waals surface area (Å²) >= 11 is 5.83. The lowest BCUT2D eigenvalue weighted by molar-refractivity contribution is -0.384. The lowest BCUT2D eigenvalue weighted by atomic mass is 10.1. The number of nitro benzene ring substituents is 1. The summed E-state index contributed by atoms with van der Waals surface area (Å²) in [5.74, 6) is 0.188. The molecule has 0 aromatic heterocycles. The van der Waals surface area contributed by atoms with Gasteiger partial charge in [-0.05, 0) is 55.7 Å². The number of hydrogen-bond donors (Lipinski definition) is 0. The van der Waals surface area contributed by atoms with Gasteiger partial charge in [0.25, 0.3) is 15.7 Å². The van der Waals surface area contributed by atoms with Gasteiger partial charge in [0, 0.05) is 19.2 Å². The number of carbonyl (C=O) groups excluding carboxylic acids is 1. The zero-order chi connectivity index (χ0) is 22.6. The third-order valence-electron chi connectivity index (χ3n) is 5.05. The highest BCUT2D eigenvalue weighted by Gasteiger charge is 2.31. The van der Waals surface area contributed by atoms with Gasteiger partial charge >= 0.3 is 0 Å². The Morgan fingerprint density at radius 1 is 1.16 bits per heavy atom. The molecule has 1 heterocycles. The Kier molecular flexibility index (Phi) is 7.01. The maximum atomic E-state index is 13.4. The lowest BCUT2D eigenvalue weighted by Gasteiger charge is -2.30. The molecule has 1 fully saturated rings. The molecule has 1 aliphatic heterocycles. The van der Waals surface area contributed by atoms with Crippen molar-refractivity contribution in [2.45, 2.75) is 24.2 Å². The first-order chi connectivity index (χ1) is 14.7. The van der Waals surface area contributed by atoms with Gasteiger partial charge in [0.2, 0.25) is 5.91 Å². The Morgan fingerprint density at radius 2 is 1.81 bits per heavy atom. The minimum Gasteiger partial charge on any atom is -0.497 e. The fourth-order valence-electron chi connectivity index (χ4n) is 3.35. The molecule has 0 saturated carbocycles. The van der Waals surface area contributed by atoms with Crippen molar-refractivity contribution >= 4 is 38.9 Å². The Balaban J connectivity index is 2.02. The molecule has 3 rings (SSSR count). The van der Waals surface area contributed by atoms with Crippen molar-refractivity contribution in [2.75, 3.05) is 31.0 Å². The maximum absolute atomic E-state index is 13.4. The average molecular weight is 468 g/mol. The normalized spacial score (nSPS) is 14.2. The van der Waals surface area contributed by atoms with Gasteiger partial charge in [-0.1, -0.05) is 11.6 Å². The number of hydrogen-bond acceptors (Lipinski definition) is 6. The molecule has 1 saturated heterocycles. The van der Waals surface area contributed by atoms with E-state index in [1.807, 2.05) is 0 Å². The van der Waals surface area contributed by atoms with Gasteiger partial charge < -0.3 is 9.64 Å². The molecule has 2 aromatic carbocycles. The van der Waals surface area contributed by atoms with E-state index in [1.54, 1.807) is 17.0 Å². The van der Waals surface area contributed by atoms with Gasteiger partial charge in [-0.2, -0.15) is 0 Å². The van der Waals surface area contributed by atoms with Gasteiger partial charge in [-0.25, -0.2) is 8.42 Å². The predicted octanol–water partition coefficient (Wildman–Crippen LogP) is 3.46. The SMILES string of the molecule is COc1ccc(N(CC(=O)N2CCCCC2)S(=O)(=O)c2ccc(Cl)c([N+](=O)[O-])c2)cc1. The minimum absolute atomic E-state index is 0.177. The number of benzene rings is 2. The van der Waals surface area contributed by atoms with Crippen molar-refractivity contribution in [3.63, 3.8) is 0 Å².